The van der Waals surface area contributed by atoms with Gasteiger partial charge >= 0.3 is 18.0 Å². The first kappa shape index (κ1) is 27.5. The molecule has 2 amide bonds. The quantitative estimate of drug-likeness (QED) is 0.236. The molecule has 2 heterocycles. The van der Waals surface area contributed by atoms with Gasteiger partial charge in [-0.2, -0.15) is 0 Å². The van der Waals surface area contributed by atoms with Crippen molar-refractivity contribution in [3.05, 3.63) is 63.4 Å². The number of rotatable bonds is 9. The molecule has 1 fully saturated rings. The van der Waals surface area contributed by atoms with Crippen LogP contribution in [-0.4, -0.2) is 59.3 Å². The Hall–Kier alpha value is -3.57. The monoisotopic (exact) mass is 601 g/mol. The molecule has 0 unspecified atom stereocenters. The van der Waals surface area contributed by atoms with Crippen molar-refractivity contribution in [1.82, 2.24) is 4.90 Å². The molecular weight excluding hydrogens is 574 g/mol. The third-order valence-corrected chi connectivity index (χ3v) is 8.49. The van der Waals surface area contributed by atoms with Crippen LogP contribution in [0, 0.1) is 12.8 Å². The zero-order valence-electron chi connectivity index (χ0n) is 20.7. The van der Waals surface area contributed by atoms with E-state index in [1.807, 2.05) is 60.4 Å². The lowest BCUT2D eigenvalue weighted by atomic mass is 9.97. The molecule has 9 nitrogen and oxygen atoms in total. The second-order valence-corrected chi connectivity index (χ2v) is 10.9. The smallest absolute Gasteiger partial charge is 0.349 e. The van der Waals surface area contributed by atoms with Gasteiger partial charge in [-0.1, -0.05) is 29.8 Å². The fraction of sp³-hybridized carbons (Fsp3) is 0.296. The van der Waals surface area contributed by atoms with E-state index in [9.17, 15) is 19.5 Å². The van der Waals surface area contributed by atoms with Crippen LogP contribution in [0.4, 0.5) is 16.2 Å². The standard InChI is InChI=1S/C27H28BrN3O6S/c1-16-5-7-19(8-6-16)30-27(36)31-11-9-17(10-12-31)14-29-20-4-2-3-18(13-20)24-22(28)23(37-15-21(32)33)25(38-24)26(34)35/h2-8,13,17,29H,9-12,14-15H2,1H3,(H,30,36)(H,32,33)(H,34,35). The van der Waals surface area contributed by atoms with Crippen LogP contribution < -0.4 is 15.4 Å². The second-order valence-electron chi connectivity index (χ2n) is 9.08. The zero-order valence-corrected chi connectivity index (χ0v) is 23.1. The average Bonchev–Trinajstić information content (AvgIpc) is 3.24. The summed E-state index contributed by atoms with van der Waals surface area (Å²) in [5.41, 5.74) is 3.59. The third-order valence-electron chi connectivity index (χ3n) is 6.27. The van der Waals surface area contributed by atoms with Crippen LogP contribution in [-0.2, 0) is 4.79 Å². The number of aliphatic carboxylic acids is 1. The van der Waals surface area contributed by atoms with Crippen molar-refractivity contribution in [1.29, 1.82) is 0 Å². The normalized spacial score (nSPS) is 13.7. The van der Waals surface area contributed by atoms with Gasteiger partial charge in [0.15, 0.2) is 17.2 Å². The molecule has 3 aromatic rings. The highest BCUT2D eigenvalue weighted by molar-refractivity contribution is 9.10. The largest absolute Gasteiger partial charge is 0.479 e. The molecule has 1 saturated heterocycles. The molecular formula is C27H28BrN3O6S. The van der Waals surface area contributed by atoms with E-state index >= 15 is 0 Å². The molecule has 11 heteroatoms. The van der Waals surface area contributed by atoms with Gasteiger partial charge in [0.1, 0.15) is 0 Å². The summed E-state index contributed by atoms with van der Waals surface area (Å²) in [4.78, 5) is 37.6. The van der Waals surface area contributed by atoms with E-state index in [0.29, 0.717) is 28.4 Å². The lowest BCUT2D eigenvalue weighted by Gasteiger charge is -2.32. The van der Waals surface area contributed by atoms with Crippen LogP contribution in [0.25, 0.3) is 10.4 Å². The molecule has 38 heavy (non-hydrogen) atoms. The molecule has 2 aromatic carbocycles. The Labute approximate surface area is 232 Å². The van der Waals surface area contributed by atoms with E-state index in [0.717, 1.165) is 53.2 Å². The molecule has 0 spiro atoms. The number of aryl methyl sites for hydroxylation is 1. The van der Waals surface area contributed by atoms with Crippen LogP contribution in [0.1, 0.15) is 28.1 Å². The minimum atomic E-state index is -1.19. The number of piperidine rings is 1. The van der Waals surface area contributed by atoms with Gasteiger partial charge in [0.2, 0.25) is 0 Å². The summed E-state index contributed by atoms with van der Waals surface area (Å²) in [6.45, 7) is 3.48. The van der Waals surface area contributed by atoms with Gasteiger partial charge in [0, 0.05) is 31.0 Å². The van der Waals surface area contributed by atoms with E-state index in [1.165, 1.54) is 0 Å². The Morgan fingerprint density at radius 3 is 2.45 bits per heavy atom. The number of carboxylic acid groups (broad SMARTS) is 2. The number of amides is 2. The molecule has 0 aliphatic carbocycles. The van der Waals surface area contributed by atoms with Crippen molar-refractivity contribution in [3.63, 3.8) is 0 Å². The Kier molecular flexibility index (Phi) is 8.90. The summed E-state index contributed by atoms with van der Waals surface area (Å²) in [6, 6.07) is 15.3. The number of urea groups is 1. The SMILES string of the molecule is Cc1ccc(NC(=O)N2CCC(CNc3cccc(-c4sc(C(=O)O)c(OCC(=O)O)c4Br)c3)CC2)cc1. The molecule has 200 valence electrons. The van der Waals surface area contributed by atoms with Crippen molar-refractivity contribution >= 4 is 56.6 Å². The highest BCUT2D eigenvalue weighted by atomic mass is 79.9. The van der Waals surface area contributed by atoms with Gasteiger partial charge in [-0.15, -0.1) is 11.3 Å². The van der Waals surface area contributed by atoms with E-state index in [4.69, 9.17) is 9.84 Å². The summed E-state index contributed by atoms with van der Waals surface area (Å²) in [5.74, 6) is -1.96. The number of hydrogen-bond donors (Lipinski definition) is 4. The van der Waals surface area contributed by atoms with Crippen LogP contribution >= 0.6 is 27.3 Å². The lowest BCUT2D eigenvalue weighted by Crippen LogP contribution is -2.42. The van der Waals surface area contributed by atoms with E-state index in [1.54, 1.807) is 0 Å². The number of nitrogens with zero attached hydrogens (tertiary/aromatic N) is 1. The van der Waals surface area contributed by atoms with E-state index in [-0.39, 0.29) is 16.7 Å². The molecule has 0 atom stereocenters. The molecule has 4 rings (SSSR count). The number of benzene rings is 2. The number of aromatic carboxylic acids is 1. The highest BCUT2D eigenvalue weighted by Crippen LogP contribution is 2.46. The first-order chi connectivity index (χ1) is 18.2. The number of carbonyl (C=O) groups is 3. The van der Waals surface area contributed by atoms with Crippen molar-refractivity contribution in [2.75, 3.05) is 36.9 Å². The maximum Gasteiger partial charge on any atom is 0.349 e. The Morgan fingerprint density at radius 2 is 1.79 bits per heavy atom. The molecule has 1 aliphatic heterocycles. The predicted octanol–water partition coefficient (Wildman–Crippen LogP) is 6.00. The number of nitrogens with one attached hydrogen (secondary N) is 2. The summed E-state index contributed by atoms with van der Waals surface area (Å²) in [6.07, 6.45) is 1.77. The minimum Gasteiger partial charge on any atom is -0.479 e. The van der Waals surface area contributed by atoms with E-state index < -0.39 is 18.5 Å². The molecule has 0 radical (unpaired) electrons. The third kappa shape index (κ3) is 6.84. The molecule has 0 saturated carbocycles. The highest BCUT2D eigenvalue weighted by Gasteiger charge is 2.25. The Bertz CT molecular complexity index is 1320. The van der Waals surface area contributed by atoms with Gasteiger partial charge in [-0.05, 0) is 71.4 Å². The average molecular weight is 603 g/mol. The van der Waals surface area contributed by atoms with Crippen LogP contribution in [0.15, 0.2) is 53.0 Å². The molecule has 1 aliphatic rings. The topological polar surface area (TPSA) is 128 Å². The summed E-state index contributed by atoms with van der Waals surface area (Å²) in [5, 5.41) is 24.9. The maximum atomic E-state index is 12.6. The van der Waals surface area contributed by atoms with Gasteiger partial charge in [0.25, 0.3) is 0 Å². The minimum absolute atomic E-state index is 0.0106. The van der Waals surface area contributed by atoms with E-state index in [2.05, 4.69) is 26.6 Å². The van der Waals surface area contributed by atoms with Crippen LogP contribution in [0.5, 0.6) is 5.75 Å². The van der Waals surface area contributed by atoms with Crippen LogP contribution in [0.2, 0.25) is 0 Å². The van der Waals surface area contributed by atoms with Crippen molar-refractivity contribution in [2.45, 2.75) is 19.8 Å². The predicted molar refractivity (Wildman–Crippen MR) is 151 cm³/mol. The van der Waals surface area contributed by atoms with Crippen molar-refractivity contribution in [3.8, 4) is 16.2 Å². The summed E-state index contributed by atoms with van der Waals surface area (Å²) < 4.78 is 5.66. The number of thiophene rings is 1. The van der Waals surface area contributed by atoms with Crippen molar-refractivity contribution < 1.29 is 29.3 Å². The fourth-order valence-corrected chi connectivity index (χ4v) is 6.09. The lowest BCUT2D eigenvalue weighted by molar-refractivity contribution is -0.139. The van der Waals surface area contributed by atoms with Crippen molar-refractivity contribution in [2.24, 2.45) is 5.92 Å². The second kappa shape index (κ2) is 12.3. The molecule has 1 aromatic heterocycles. The summed E-state index contributed by atoms with van der Waals surface area (Å²) >= 11 is 4.42. The Morgan fingerprint density at radius 1 is 1.08 bits per heavy atom. The number of ether oxygens (including phenoxy) is 1. The van der Waals surface area contributed by atoms with Gasteiger partial charge in [-0.25, -0.2) is 14.4 Å². The first-order valence-corrected chi connectivity index (χ1v) is 13.7. The number of hydrogen-bond acceptors (Lipinski definition) is 6. The molecule has 0 bridgehead atoms. The molecule has 4 N–H and O–H groups in total. The van der Waals surface area contributed by atoms with Crippen LogP contribution in [0.3, 0.4) is 0 Å². The van der Waals surface area contributed by atoms with Gasteiger partial charge < -0.3 is 30.5 Å². The number of likely N-dealkylation sites (tertiary alicyclic amines) is 1. The van der Waals surface area contributed by atoms with Gasteiger partial charge in [0.05, 0.1) is 9.35 Å². The number of halogens is 1. The fourth-order valence-electron chi connectivity index (χ4n) is 4.20. The number of carboxylic acids is 2. The number of anilines is 2. The number of carbonyl (C=O) groups excluding carboxylic acids is 1. The summed E-state index contributed by atoms with van der Waals surface area (Å²) in [7, 11) is 0. The maximum absolute atomic E-state index is 12.6. The first-order valence-electron chi connectivity index (χ1n) is 12.1. The van der Waals surface area contributed by atoms with Gasteiger partial charge in [-0.3, -0.25) is 0 Å². The zero-order chi connectivity index (χ0) is 27.2. The Balaban J connectivity index is 1.34.